The van der Waals surface area contributed by atoms with Crippen molar-refractivity contribution in [3.05, 3.63) is 18.2 Å². The Labute approximate surface area is 120 Å². The summed E-state index contributed by atoms with van der Waals surface area (Å²) in [7, 11) is 2.04. The highest BCUT2D eigenvalue weighted by Gasteiger charge is 2.38. The highest BCUT2D eigenvalue weighted by molar-refractivity contribution is 6.21. The summed E-state index contributed by atoms with van der Waals surface area (Å²) < 4.78 is 2.09. The lowest BCUT2D eigenvalue weighted by Gasteiger charge is -2.36. The molecular formula is C14H22Cl2N2. The first-order chi connectivity index (χ1) is 8.72. The molecule has 0 saturated heterocycles. The topological polar surface area (TPSA) is 17.8 Å². The van der Waals surface area contributed by atoms with E-state index >= 15 is 0 Å². The van der Waals surface area contributed by atoms with Crippen molar-refractivity contribution in [1.82, 2.24) is 9.55 Å². The fourth-order valence-electron chi connectivity index (χ4n) is 3.13. The predicted octanol–water partition coefficient (Wildman–Crippen LogP) is 4.01. The van der Waals surface area contributed by atoms with Gasteiger partial charge in [0, 0.05) is 43.0 Å². The number of rotatable bonds is 6. The van der Waals surface area contributed by atoms with Crippen LogP contribution in [0.15, 0.2) is 12.4 Å². The van der Waals surface area contributed by atoms with E-state index in [1.807, 2.05) is 19.4 Å². The fourth-order valence-corrected chi connectivity index (χ4v) is 4.12. The zero-order valence-corrected chi connectivity index (χ0v) is 12.6. The van der Waals surface area contributed by atoms with Gasteiger partial charge in [-0.15, -0.1) is 23.2 Å². The molecule has 0 spiro atoms. The van der Waals surface area contributed by atoms with Crippen LogP contribution in [0.5, 0.6) is 0 Å². The van der Waals surface area contributed by atoms with E-state index in [1.165, 1.54) is 25.7 Å². The number of aryl methyl sites for hydroxylation is 2. The molecule has 0 bridgehead atoms. The number of halogens is 2. The molecule has 4 heteroatoms. The number of hydrogen-bond donors (Lipinski definition) is 0. The number of nitrogens with zero attached hydrogens (tertiary/aromatic N) is 2. The third-order valence-electron chi connectivity index (χ3n) is 4.52. The molecular weight excluding hydrogens is 267 g/mol. The van der Waals surface area contributed by atoms with Crippen LogP contribution >= 0.6 is 23.2 Å². The predicted molar refractivity (Wildman–Crippen MR) is 77.4 cm³/mol. The monoisotopic (exact) mass is 288 g/mol. The molecule has 0 unspecified atom stereocenters. The molecule has 1 aliphatic carbocycles. The Hall–Kier alpha value is -0.210. The minimum atomic E-state index is 0.103. The van der Waals surface area contributed by atoms with Crippen LogP contribution < -0.4 is 0 Å². The zero-order chi connectivity index (χ0) is 13.0. The fraction of sp³-hybridized carbons (Fsp3) is 0.786. The van der Waals surface area contributed by atoms with E-state index in [4.69, 9.17) is 23.2 Å². The standard InChI is InChI=1S/C14H22Cl2N2/c1-18-9-8-17-13(18)6-7-14(10-15,11-16)12-4-2-3-5-12/h8-9,12H,2-7,10-11H2,1H3. The van der Waals surface area contributed by atoms with Gasteiger partial charge in [-0.25, -0.2) is 4.98 Å². The van der Waals surface area contributed by atoms with Crippen molar-refractivity contribution in [2.45, 2.75) is 38.5 Å². The van der Waals surface area contributed by atoms with E-state index in [9.17, 15) is 0 Å². The van der Waals surface area contributed by atoms with Gasteiger partial charge in [0.25, 0.3) is 0 Å². The summed E-state index contributed by atoms with van der Waals surface area (Å²) in [6, 6.07) is 0. The lowest BCUT2D eigenvalue weighted by atomic mass is 9.74. The van der Waals surface area contributed by atoms with E-state index < -0.39 is 0 Å². The second-order valence-electron chi connectivity index (χ2n) is 5.57. The summed E-state index contributed by atoms with van der Waals surface area (Å²) in [6.07, 6.45) is 11.1. The summed E-state index contributed by atoms with van der Waals surface area (Å²) in [5.74, 6) is 3.18. The van der Waals surface area contributed by atoms with E-state index in [0.717, 1.165) is 18.7 Å². The van der Waals surface area contributed by atoms with Crippen molar-refractivity contribution in [2.75, 3.05) is 11.8 Å². The quantitative estimate of drug-likeness (QED) is 0.724. The normalized spacial score (nSPS) is 17.5. The van der Waals surface area contributed by atoms with Crippen molar-refractivity contribution in [2.24, 2.45) is 18.4 Å². The molecule has 1 fully saturated rings. The van der Waals surface area contributed by atoms with Crippen LogP contribution in [-0.4, -0.2) is 21.3 Å². The first-order valence-corrected chi connectivity index (χ1v) is 7.87. The summed E-state index contributed by atoms with van der Waals surface area (Å²) >= 11 is 12.5. The maximum absolute atomic E-state index is 6.27. The van der Waals surface area contributed by atoms with Gasteiger partial charge in [0.2, 0.25) is 0 Å². The number of aromatic nitrogens is 2. The Morgan fingerprint density at radius 3 is 2.50 bits per heavy atom. The highest BCUT2D eigenvalue weighted by Crippen LogP contribution is 2.44. The summed E-state index contributed by atoms with van der Waals surface area (Å²) in [5, 5.41) is 0. The van der Waals surface area contributed by atoms with Gasteiger partial charge < -0.3 is 4.57 Å². The van der Waals surface area contributed by atoms with Gasteiger partial charge in [0.15, 0.2) is 0 Å². The Bertz CT molecular complexity index is 366. The molecule has 102 valence electrons. The molecule has 0 N–H and O–H groups in total. The van der Waals surface area contributed by atoms with Crippen molar-refractivity contribution < 1.29 is 0 Å². The molecule has 0 aromatic carbocycles. The lowest BCUT2D eigenvalue weighted by molar-refractivity contribution is 0.207. The number of hydrogen-bond acceptors (Lipinski definition) is 1. The zero-order valence-electron chi connectivity index (χ0n) is 11.0. The van der Waals surface area contributed by atoms with E-state index in [0.29, 0.717) is 17.7 Å². The Balaban J connectivity index is 2.03. The van der Waals surface area contributed by atoms with Gasteiger partial charge >= 0.3 is 0 Å². The van der Waals surface area contributed by atoms with Gasteiger partial charge in [-0.05, 0) is 25.2 Å². The van der Waals surface area contributed by atoms with Gasteiger partial charge in [0.05, 0.1) is 0 Å². The summed E-state index contributed by atoms with van der Waals surface area (Å²) in [6.45, 7) is 0. The van der Waals surface area contributed by atoms with Crippen molar-refractivity contribution in [1.29, 1.82) is 0 Å². The van der Waals surface area contributed by atoms with Gasteiger partial charge in [-0.3, -0.25) is 0 Å². The van der Waals surface area contributed by atoms with E-state index in [2.05, 4.69) is 9.55 Å². The van der Waals surface area contributed by atoms with Crippen LogP contribution in [0.4, 0.5) is 0 Å². The van der Waals surface area contributed by atoms with Crippen LogP contribution in [0.1, 0.15) is 37.9 Å². The van der Waals surface area contributed by atoms with E-state index in [1.54, 1.807) is 0 Å². The largest absolute Gasteiger partial charge is 0.338 e. The molecule has 1 aromatic heterocycles. The molecule has 1 aliphatic rings. The molecule has 0 aliphatic heterocycles. The first kappa shape index (κ1) is 14.2. The summed E-state index contributed by atoms with van der Waals surface area (Å²) in [5.41, 5.74) is 0.103. The third kappa shape index (κ3) is 2.85. The Morgan fingerprint density at radius 2 is 2.00 bits per heavy atom. The minimum absolute atomic E-state index is 0.103. The Kier molecular flexibility index (Phi) is 4.97. The third-order valence-corrected chi connectivity index (χ3v) is 5.59. The first-order valence-electron chi connectivity index (χ1n) is 6.80. The van der Waals surface area contributed by atoms with Crippen molar-refractivity contribution >= 4 is 23.2 Å². The molecule has 2 nitrogen and oxygen atoms in total. The van der Waals surface area contributed by atoms with Crippen LogP contribution in [-0.2, 0) is 13.5 Å². The Morgan fingerprint density at radius 1 is 1.33 bits per heavy atom. The lowest BCUT2D eigenvalue weighted by Crippen LogP contribution is -2.34. The van der Waals surface area contributed by atoms with Crippen LogP contribution in [0, 0.1) is 11.3 Å². The van der Waals surface area contributed by atoms with Gasteiger partial charge in [0.1, 0.15) is 5.82 Å². The smallest absolute Gasteiger partial charge is 0.108 e. The molecule has 1 saturated carbocycles. The molecule has 0 amide bonds. The molecule has 18 heavy (non-hydrogen) atoms. The van der Waals surface area contributed by atoms with Gasteiger partial charge in [-0.1, -0.05) is 12.8 Å². The highest BCUT2D eigenvalue weighted by atomic mass is 35.5. The minimum Gasteiger partial charge on any atom is -0.338 e. The van der Waals surface area contributed by atoms with Crippen LogP contribution in [0.3, 0.4) is 0 Å². The van der Waals surface area contributed by atoms with Crippen molar-refractivity contribution in [3.63, 3.8) is 0 Å². The van der Waals surface area contributed by atoms with Crippen molar-refractivity contribution in [3.8, 4) is 0 Å². The number of alkyl halides is 2. The molecule has 0 atom stereocenters. The SMILES string of the molecule is Cn1ccnc1CCC(CCl)(CCl)C1CCCC1. The molecule has 0 radical (unpaired) electrons. The summed E-state index contributed by atoms with van der Waals surface area (Å²) in [4.78, 5) is 4.39. The average molecular weight is 289 g/mol. The second-order valence-corrected chi connectivity index (χ2v) is 6.10. The van der Waals surface area contributed by atoms with Crippen LogP contribution in [0.2, 0.25) is 0 Å². The number of imidazole rings is 1. The van der Waals surface area contributed by atoms with Crippen LogP contribution in [0.25, 0.3) is 0 Å². The maximum Gasteiger partial charge on any atom is 0.108 e. The molecule has 1 heterocycles. The molecule has 1 aromatic rings. The van der Waals surface area contributed by atoms with E-state index in [-0.39, 0.29) is 5.41 Å². The molecule has 2 rings (SSSR count). The van der Waals surface area contributed by atoms with Gasteiger partial charge in [-0.2, -0.15) is 0 Å². The second kappa shape index (κ2) is 6.29. The average Bonchev–Trinajstić information content (AvgIpc) is 3.04. The maximum atomic E-state index is 6.27.